The van der Waals surface area contributed by atoms with Crippen LogP contribution in [-0.2, 0) is 6.61 Å². The number of aromatic nitrogens is 1. The number of hydrogen-bond acceptors (Lipinski definition) is 6. The maximum atomic E-state index is 13.4. The highest BCUT2D eigenvalue weighted by molar-refractivity contribution is 6.13. The highest BCUT2D eigenvalue weighted by Crippen LogP contribution is 2.36. The zero-order valence-electron chi connectivity index (χ0n) is 17.4. The molecule has 0 saturated carbocycles. The van der Waals surface area contributed by atoms with Crippen LogP contribution >= 0.6 is 0 Å². The Morgan fingerprint density at radius 3 is 2.47 bits per heavy atom. The Labute approximate surface area is 184 Å². The van der Waals surface area contributed by atoms with Gasteiger partial charge in [0.25, 0.3) is 0 Å². The Hall–Kier alpha value is -3.52. The summed E-state index contributed by atoms with van der Waals surface area (Å²) >= 11 is 0. The van der Waals surface area contributed by atoms with Crippen LogP contribution in [0.15, 0.2) is 54.7 Å². The van der Waals surface area contributed by atoms with E-state index in [1.807, 2.05) is 12.1 Å². The fourth-order valence-electron chi connectivity index (χ4n) is 4.21. The van der Waals surface area contributed by atoms with Crippen LogP contribution in [-0.4, -0.2) is 36.9 Å². The van der Waals surface area contributed by atoms with Gasteiger partial charge in [-0.3, -0.25) is 5.41 Å². The monoisotopic (exact) mass is 435 g/mol. The molecule has 8 heteroatoms. The second kappa shape index (κ2) is 7.87. The Balaban J connectivity index is 1.28. The van der Waals surface area contributed by atoms with Gasteiger partial charge in [-0.15, -0.1) is 0 Å². The van der Waals surface area contributed by atoms with Crippen LogP contribution in [0.25, 0.3) is 0 Å². The first-order valence-corrected chi connectivity index (χ1v) is 10.4. The summed E-state index contributed by atoms with van der Waals surface area (Å²) in [6.45, 7) is 4.14. The number of nitrogen functional groups attached to an aromatic ring is 1. The van der Waals surface area contributed by atoms with Crippen LogP contribution in [0.4, 0.5) is 20.3 Å². The minimum Gasteiger partial charge on any atom is -0.489 e. The number of ether oxygens (including phenoxy) is 1. The Morgan fingerprint density at radius 1 is 1.09 bits per heavy atom. The molecular weight excluding hydrogens is 412 g/mol. The molecule has 1 spiro atoms. The number of nitrogens with zero attached hydrogens (tertiary/aromatic N) is 2. The van der Waals surface area contributed by atoms with Crippen molar-refractivity contribution in [2.45, 2.75) is 6.61 Å². The van der Waals surface area contributed by atoms with E-state index in [1.54, 1.807) is 24.4 Å². The lowest BCUT2D eigenvalue weighted by Gasteiger charge is -2.56. The number of pyridine rings is 1. The largest absolute Gasteiger partial charge is 0.489 e. The molecule has 2 aliphatic heterocycles. The van der Waals surface area contributed by atoms with E-state index in [-0.39, 0.29) is 12.3 Å². The summed E-state index contributed by atoms with van der Waals surface area (Å²) in [7, 11) is 0. The van der Waals surface area contributed by atoms with Crippen LogP contribution in [0.5, 0.6) is 5.75 Å². The molecule has 2 saturated heterocycles. The summed E-state index contributed by atoms with van der Waals surface area (Å²) in [6, 6.07) is 12.0. The van der Waals surface area contributed by atoms with E-state index < -0.39 is 11.6 Å². The molecule has 0 atom stereocenters. The van der Waals surface area contributed by atoms with E-state index in [0.29, 0.717) is 33.5 Å². The van der Waals surface area contributed by atoms with Crippen molar-refractivity contribution in [2.24, 2.45) is 5.41 Å². The number of nitrogens with two attached hydrogens (primary N) is 1. The van der Waals surface area contributed by atoms with Crippen molar-refractivity contribution in [3.05, 3.63) is 83.1 Å². The fourth-order valence-corrected chi connectivity index (χ4v) is 4.21. The molecule has 3 heterocycles. The third-order valence-electron chi connectivity index (χ3n) is 6.04. The first kappa shape index (κ1) is 20.4. The topological polar surface area (TPSA) is 87.3 Å². The summed E-state index contributed by atoms with van der Waals surface area (Å²) in [6.07, 6.45) is 1.68. The molecule has 0 amide bonds. The minimum absolute atomic E-state index is 0.00549. The van der Waals surface area contributed by atoms with E-state index in [9.17, 15) is 8.78 Å². The van der Waals surface area contributed by atoms with Crippen molar-refractivity contribution < 1.29 is 13.5 Å². The molecule has 3 aromatic rings. The summed E-state index contributed by atoms with van der Waals surface area (Å²) in [4.78, 5) is 6.78. The molecule has 5 rings (SSSR count). The molecule has 4 N–H and O–H groups in total. The number of rotatable bonds is 6. The standard InChI is InChI=1S/C24H23F2N5O/c25-17-5-15(6-18(26)7-17)10-32-19-2-3-21(27)20(8-19)23(28)16-1-4-22(30-9-16)31-13-24(14-31)11-29-12-24/h1-9,28-29H,10-14,27H2. The van der Waals surface area contributed by atoms with Crippen LogP contribution < -0.4 is 20.7 Å². The molecule has 0 bridgehead atoms. The Bertz CT molecular complexity index is 1150. The maximum absolute atomic E-state index is 13.4. The summed E-state index contributed by atoms with van der Waals surface area (Å²) in [5.41, 5.74) is 8.71. The van der Waals surface area contributed by atoms with E-state index >= 15 is 0 Å². The molecule has 0 radical (unpaired) electrons. The van der Waals surface area contributed by atoms with Crippen LogP contribution in [0.2, 0.25) is 0 Å². The highest BCUT2D eigenvalue weighted by atomic mass is 19.1. The molecule has 2 fully saturated rings. The molecular formula is C24H23F2N5O. The average Bonchev–Trinajstić information content (AvgIpc) is 2.70. The molecule has 164 valence electrons. The minimum atomic E-state index is -0.655. The van der Waals surface area contributed by atoms with Gasteiger partial charge in [0.05, 0.1) is 5.71 Å². The third-order valence-corrected chi connectivity index (χ3v) is 6.04. The van der Waals surface area contributed by atoms with Gasteiger partial charge in [0.2, 0.25) is 0 Å². The first-order chi connectivity index (χ1) is 15.4. The van der Waals surface area contributed by atoms with Gasteiger partial charge in [0, 0.05) is 60.7 Å². The van der Waals surface area contributed by atoms with Crippen molar-refractivity contribution in [2.75, 3.05) is 36.8 Å². The number of nitrogens with one attached hydrogen (secondary N) is 2. The summed E-state index contributed by atoms with van der Waals surface area (Å²) < 4.78 is 32.4. The van der Waals surface area contributed by atoms with E-state index in [2.05, 4.69) is 15.2 Å². The van der Waals surface area contributed by atoms with Crippen molar-refractivity contribution in [1.29, 1.82) is 5.41 Å². The lowest BCUT2D eigenvalue weighted by Crippen LogP contribution is -2.71. The van der Waals surface area contributed by atoms with Crippen LogP contribution in [0.3, 0.4) is 0 Å². The van der Waals surface area contributed by atoms with Crippen LogP contribution in [0, 0.1) is 22.5 Å². The second-order valence-electron chi connectivity index (χ2n) is 8.56. The van der Waals surface area contributed by atoms with Gasteiger partial charge in [0.15, 0.2) is 0 Å². The Kier molecular flexibility index (Phi) is 5.01. The van der Waals surface area contributed by atoms with E-state index in [1.165, 1.54) is 12.1 Å². The predicted molar refractivity (Wildman–Crippen MR) is 119 cm³/mol. The highest BCUT2D eigenvalue weighted by Gasteiger charge is 2.47. The number of benzene rings is 2. The third kappa shape index (κ3) is 3.89. The van der Waals surface area contributed by atoms with Crippen LogP contribution in [0.1, 0.15) is 16.7 Å². The molecule has 6 nitrogen and oxygen atoms in total. The molecule has 0 aliphatic carbocycles. The van der Waals surface area contributed by atoms with Crippen molar-refractivity contribution >= 4 is 17.2 Å². The van der Waals surface area contributed by atoms with Crippen molar-refractivity contribution in [3.63, 3.8) is 0 Å². The van der Waals surface area contributed by atoms with Gasteiger partial charge < -0.3 is 20.7 Å². The van der Waals surface area contributed by atoms with Gasteiger partial charge in [-0.05, 0) is 48.0 Å². The SMILES string of the molecule is N=C(c1ccc(N2CC3(CNC3)C2)nc1)c1cc(OCc2cc(F)cc(F)c2)ccc1N. The van der Waals surface area contributed by atoms with Crippen molar-refractivity contribution in [3.8, 4) is 5.75 Å². The molecule has 32 heavy (non-hydrogen) atoms. The lowest BCUT2D eigenvalue weighted by molar-refractivity contribution is 0.120. The smallest absolute Gasteiger partial charge is 0.128 e. The number of anilines is 2. The van der Waals surface area contributed by atoms with E-state index in [0.717, 1.165) is 38.1 Å². The van der Waals surface area contributed by atoms with Gasteiger partial charge in [-0.25, -0.2) is 13.8 Å². The molecule has 2 aromatic carbocycles. The van der Waals surface area contributed by atoms with E-state index in [4.69, 9.17) is 15.9 Å². The summed E-state index contributed by atoms with van der Waals surface area (Å²) in [5, 5.41) is 11.9. The predicted octanol–water partition coefficient (Wildman–Crippen LogP) is 3.35. The average molecular weight is 435 g/mol. The summed E-state index contributed by atoms with van der Waals surface area (Å²) in [5.74, 6) is 0.0498. The number of halogens is 2. The lowest BCUT2D eigenvalue weighted by atomic mass is 9.74. The van der Waals surface area contributed by atoms with Crippen molar-refractivity contribution in [1.82, 2.24) is 10.3 Å². The quantitative estimate of drug-likeness (QED) is 0.408. The van der Waals surface area contributed by atoms with Gasteiger partial charge in [0.1, 0.15) is 29.8 Å². The molecule has 2 aliphatic rings. The maximum Gasteiger partial charge on any atom is 0.128 e. The second-order valence-corrected chi connectivity index (χ2v) is 8.56. The normalized spacial score (nSPS) is 16.4. The van der Waals surface area contributed by atoms with Gasteiger partial charge in [-0.2, -0.15) is 0 Å². The zero-order valence-corrected chi connectivity index (χ0v) is 17.4. The fraction of sp³-hybridized carbons (Fsp3) is 0.250. The molecule has 1 aromatic heterocycles. The van der Waals surface area contributed by atoms with Gasteiger partial charge in [-0.1, -0.05) is 0 Å². The number of hydrogen-bond donors (Lipinski definition) is 3. The zero-order chi connectivity index (χ0) is 22.3. The molecule has 0 unspecified atom stereocenters. The first-order valence-electron chi connectivity index (χ1n) is 10.4. The Morgan fingerprint density at radius 2 is 1.84 bits per heavy atom. The van der Waals surface area contributed by atoms with Gasteiger partial charge >= 0.3 is 0 Å².